The summed E-state index contributed by atoms with van der Waals surface area (Å²) in [4.78, 5) is 14.7. The van der Waals surface area contributed by atoms with Gasteiger partial charge in [-0.1, -0.05) is 19.8 Å². The number of nitrogens with two attached hydrogens (primary N) is 1. The lowest BCUT2D eigenvalue weighted by Gasteiger charge is -2.37. The zero-order valence-corrected chi connectivity index (χ0v) is 12.2. The molecule has 5 heteroatoms. The van der Waals surface area contributed by atoms with Crippen LogP contribution in [0, 0.1) is 5.41 Å². The highest BCUT2D eigenvalue weighted by Gasteiger charge is 2.40. The summed E-state index contributed by atoms with van der Waals surface area (Å²) in [5.74, 6) is 0.940. The van der Waals surface area contributed by atoms with Crippen molar-refractivity contribution in [3.8, 4) is 0 Å². The van der Waals surface area contributed by atoms with Gasteiger partial charge < -0.3 is 10.6 Å². The summed E-state index contributed by atoms with van der Waals surface area (Å²) in [5, 5.41) is 4.29. The summed E-state index contributed by atoms with van der Waals surface area (Å²) in [6, 6.07) is 2.21. The molecule has 0 atom stereocenters. The first-order valence-electron chi connectivity index (χ1n) is 7.68. The second kappa shape index (κ2) is 5.11. The standard InChI is InChI=1S/C15H24N4O/c1-15(7-2-3-8-15)14(20)18-9-4-12(5-10-18)19-11-6-13(16)17-19/h6,11-12H,2-5,7-10H2,1H3,(H2,16,17). The molecule has 0 bridgehead atoms. The van der Waals surface area contributed by atoms with Gasteiger partial charge in [-0.25, -0.2) is 0 Å². The van der Waals surface area contributed by atoms with Crippen molar-refractivity contribution in [1.29, 1.82) is 0 Å². The third-order valence-electron chi connectivity index (χ3n) is 4.98. The molecule has 5 nitrogen and oxygen atoms in total. The van der Waals surface area contributed by atoms with E-state index in [1.54, 1.807) is 0 Å². The molecule has 3 rings (SSSR count). The van der Waals surface area contributed by atoms with Crippen LogP contribution in [-0.2, 0) is 4.79 Å². The molecule has 110 valence electrons. The minimum atomic E-state index is -0.0943. The molecule has 0 radical (unpaired) electrons. The minimum absolute atomic E-state index is 0.0943. The van der Waals surface area contributed by atoms with Crippen molar-refractivity contribution in [3.05, 3.63) is 12.3 Å². The number of carbonyl (C=O) groups excluding carboxylic acids is 1. The molecule has 1 aliphatic heterocycles. The number of nitrogen functional groups attached to an aromatic ring is 1. The van der Waals surface area contributed by atoms with Gasteiger partial charge >= 0.3 is 0 Å². The van der Waals surface area contributed by atoms with Crippen LogP contribution in [0.2, 0.25) is 0 Å². The van der Waals surface area contributed by atoms with Crippen molar-refractivity contribution in [3.63, 3.8) is 0 Å². The summed E-state index contributed by atoms with van der Waals surface area (Å²) < 4.78 is 1.95. The SMILES string of the molecule is CC1(C(=O)N2CCC(n3ccc(N)n3)CC2)CCCC1. The van der Waals surface area contributed by atoms with E-state index in [9.17, 15) is 4.79 Å². The summed E-state index contributed by atoms with van der Waals surface area (Å²) in [6.07, 6.45) is 8.40. The van der Waals surface area contributed by atoms with Crippen LogP contribution in [0.1, 0.15) is 51.5 Å². The second-order valence-electron chi connectivity index (χ2n) is 6.51. The quantitative estimate of drug-likeness (QED) is 0.900. The van der Waals surface area contributed by atoms with Gasteiger partial charge in [-0.3, -0.25) is 9.48 Å². The van der Waals surface area contributed by atoms with Crippen LogP contribution in [0.25, 0.3) is 0 Å². The Balaban J connectivity index is 1.59. The largest absolute Gasteiger partial charge is 0.382 e. The highest BCUT2D eigenvalue weighted by atomic mass is 16.2. The van der Waals surface area contributed by atoms with Crippen molar-refractivity contribution in [1.82, 2.24) is 14.7 Å². The molecule has 0 unspecified atom stereocenters. The molecule has 1 amide bonds. The van der Waals surface area contributed by atoms with Crippen LogP contribution < -0.4 is 5.73 Å². The molecule has 1 saturated carbocycles. The summed E-state index contributed by atoms with van der Waals surface area (Å²) in [5.41, 5.74) is 5.57. The van der Waals surface area contributed by atoms with E-state index in [0.29, 0.717) is 17.8 Å². The molecule has 0 spiro atoms. The van der Waals surface area contributed by atoms with Crippen molar-refractivity contribution in [2.24, 2.45) is 5.41 Å². The van der Waals surface area contributed by atoms with E-state index >= 15 is 0 Å². The highest BCUT2D eigenvalue weighted by molar-refractivity contribution is 5.82. The number of hydrogen-bond acceptors (Lipinski definition) is 3. The molecule has 0 aromatic carbocycles. The fourth-order valence-corrected chi connectivity index (χ4v) is 3.64. The molecule has 2 fully saturated rings. The number of anilines is 1. The summed E-state index contributed by atoms with van der Waals surface area (Å²) >= 11 is 0. The lowest BCUT2D eigenvalue weighted by atomic mass is 9.86. The van der Waals surface area contributed by atoms with Gasteiger partial charge in [0.05, 0.1) is 6.04 Å². The number of likely N-dealkylation sites (tertiary alicyclic amines) is 1. The highest BCUT2D eigenvalue weighted by Crippen LogP contribution is 2.40. The van der Waals surface area contributed by atoms with Crippen molar-refractivity contribution < 1.29 is 4.79 Å². The summed E-state index contributed by atoms with van der Waals surface area (Å²) in [6.45, 7) is 3.83. The maximum atomic E-state index is 12.7. The van der Waals surface area contributed by atoms with E-state index in [0.717, 1.165) is 38.8 Å². The lowest BCUT2D eigenvalue weighted by molar-refractivity contribution is -0.142. The van der Waals surface area contributed by atoms with Gasteiger partial charge in [-0.15, -0.1) is 0 Å². The predicted octanol–water partition coefficient (Wildman–Crippen LogP) is 2.21. The van der Waals surface area contributed by atoms with Gasteiger partial charge in [0, 0.05) is 24.7 Å². The number of nitrogens with zero attached hydrogens (tertiary/aromatic N) is 3. The van der Waals surface area contributed by atoms with Crippen LogP contribution in [0.3, 0.4) is 0 Å². The van der Waals surface area contributed by atoms with Crippen LogP contribution in [0.4, 0.5) is 5.82 Å². The molecule has 2 N–H and O–H groups in total. The fourth-order valence-electron chi connectivity index (χ4n) is 3.64. The first kappa shape index (κ1) is 13.5. The fraction of sp³-hybridized carbons (Fsp3) is 0.733. The molecule has 1 aromatic rings. The average Bonchev–Trinajstić information content (AvgIpc) is 3.08. The molecule has 2 aliphatic rings. The smallest absolute Gasteiger partial charge is 0.228 e. The van der Waals surface area contributed by atoms with E-state index in [1.807, 2.05) is 16.9 Å². The van der Waals surface area contributed by atoms with Gasteiger partial charge in [0.25, 0.3) is 0 Å². The van der Waals surface area contributed by atoms with Crippen molar-refractivity contribution in [2.75, 3.05) is 18.8 Å². The first-order valence-corrected chi connectivity index (χ1v) is 7.68. The molecule has 2 heterocycles. The van der Waals surface area contributed by atoms with Gasteiger partial charge in [-0.05, 0) is 31.7 Å². The second-order valence-corrected chi connectivity index (χ2v) is 6.51. The Morgan fingerprint density at radius 1 is 1.35 bits per heavy atom. The number of amides is 1. The predicted molar refractivity (Wildman–Crippen MR) is 78.1 cm³/mol. The number of hydrogen-bond donors (Lipinski definition) is 1. The van der Waals surface area contributed by atoms with Crippen LogP contribution in [0.15, 0.2) is 12.3 Å². The molecule has 1 aliphatic carbocycles. The third kappa shape index (κ3) is 2.41. The Morgan fingerprint density at radius 2 is 2.00 bits per heavy atom. The Bertz CT molecular complexity index is 482. The number of aromatic nitrogens is 2. The Morgan fingerprint density at radius 3 is 2.55 bits per heavy atom. The van der Waals surface area contributed by atoms with E-state index < -0.39 is 0 Å². The molecular weight excluding hydrogens is 252 g/mol. The van der Waals surface area contributed by atoms with Gasteiger partial charge in [0.15, 0.2) is 0 Å². The van der Waals surface area contributed by atoms with E-state index in [-0.39, 0.29) is 5.41 Å². The van der Waals surface area contributed by atoms with Gasteiger partial charge in [0.1, 0.15) is 5.82 Å². The normalized spacial score (nSPS) is 23.1. The zero-order valence-electron chi connectivity index (χ0n) is 12.2. The van der Waals surface area contributed by atoms with Crippen molar-refractivity contribution in [2.45, 2.75) is 51.5 Å². The maximum Gasteiger partial charge on any atom is 0.228 e. The number of piperidine rings is 1. The van der Waals surface area contributed by atoms with E-state index in [1.165, 1.54) is 12.8 Å². The van der Waals surface area contributed by atoms with Gasteiger partial charge in [-0.2, -0.15) is 5.10 Å². The summed E-state index contributed by atoms with van der Waals surface area (Å²) in [7, 11) is 0. The molecule has 1 aromatic heterocycles. The minimum Gasteiger partial charge on any atom is -0.382 e. The van der Waals surface area contributed by atoms with Crippen LogP contribution in [0.5, 0.6) is 0 Å². The average molecular weight is 276 g/mol. The van der Waals surface area contributed by atoms with E-state index in [2.05, 4.69) is 16.9 Å². The first-order chi connectivity index (χ1) is 9.58. The topological polar surface area (TPSA) is 64.2 Å². The monoisotopic (exact) mass is 276 g/mol. The molecule has 20 heavy (non-hydrogen) atoms. The zero-order chi connectivity index (χ0) is 14.2. The Labute approximate surface area is 120 Å². The number of carbonyl (C=O) groups is 1. The molecular formula is C15H24N4O. The Kier molecular flexibility index (Phi) is 3.44. The van der Waals surface area contributed by atoms with Crippen LogP contribution >= 0.6 is 0 Å². The number of rotatable bonds is 2. The van der Waals surface area contributed by atoms with E-state index in [4.69, 9.17) is 5.73 Å². The van der Waals surface area contributed by atoms with Crippen molar-refractivity contribution >= 4 is 11.7 Å². The van der Waals surface area contributed by atoms with Gasteiger partial charge in [0.2, 0.25) is 5.91 Å². The Hall–Kier alpha value is -1.52. The van der Waals surface area contributed by atoms with Crippen LogP contribution in [-0.4, -0.2) is 33.7 Å². The lowest BCUT2D eigenvalue weighted by Crippen LogP contribution is -2.45. The third-order valence-corrected chi connectivity index (χ3v) is 4.98. The maximum absolute atomic E-state index is 12.7. The molecule has 1 saturated heterocycles.